The van der Waals surface area contributed by atoms with Gasteiger partial charge in [0, 0.05) is 17.7 Å². The zero-order valence-corrected chi connectivity index (χ0v) is 17.7. The van der Waals surface area contributed by atoms with E-state index in [1.54, 1.807) is 0 Å². The maximum Gasteiger partial charge on any atom is 0.239 e. The molecule has 2 heterocycles. The monoisotopic (exact) mass is 478 g/mol. The SMILES string of the molecule is COc1cc(-c2oc3cc(O)cc(O)c3c(=O)c2O[C@H]2O[C@@H](CO)[C@@H](O)[C@@H](O)[C@H]2O)ccc1O. The molecule has 0 unspecified atom stereocenters. The van der Waals surface area contributed by atoms with Crippen molar-refractivity contribution in [2.75, 3.05) is 13.7 Å². The highest BCUT2D eigenvalue weighted by molar-refractivity contribution is 5.88. The maximum absolute atomic E-state index is 13.3. The Kier molecular flexibility index (Phi) is 6.25. The van der Waals surface area contributed by atoms with Crippen molar-refractivity contribution < 1.29 is 54.4 Å². The van der Waals surface area contributed by atoms with E-state index in [9.17, 15) is 40.5 Å². The molecule has 7 N–H and O–H groups in total. The van der Waals surface area contributed by atoms with Gasteiger partial charge in [0.2, 0.25) is 17.5 Å². The van der Waals surface area contributed by atoms with Crippen molar-refractivity contribution in [2.24, 2.45) is 0 Å². The molecule has 12 nitrogen and oxygen atoms in total. The van der Waals surface area contributed by atoms with Crippen LogP contribution in [0.5, 0.6) is 28.7 Å². The number of benzene rings is 2. The first-order valence-electron chi connectivity index (χ1n) is 10.0. The molecule has 4 rings (SSSR count). The summed E-state index contributed by atoms with van der Waals surface area (Å²) < 4.78 is 21.8. The number of hydrogen-bond donors (Lipinski definition) is 7. The summed E-state index contributed by atoms with van der Waals surface area (Å²) in [5, 5.41) is 69.4. The first kappa shape index (κ1) is 23.6. The van der Waals surface area contributed by atoms with Gasteiger partial charge < -0.3 is 54.4 Å². The summed E-state index contributed by atoms with van der Waals surface area (Å²) in [4.78, 5) is 13.3. The van der Waals surface area contributed by atoms with Gasteiger partial charge in [0.1, 0.15) is 46.9 Å². The lowest BCUT2D eigenvalue weighted by atomic mass is 9.99. The van der Waals surface area contributed by atoms with Gasteiger partial charge in [0.05, 0.1) is 13.7 Å². The minimum absolute atomic E-state index is 0.0257. The first-order chi connectivity index (χ1) is 16.2. The number of methoxy groups -OCH3 is 1. The number of ether oxygens (including phenoxy) is 3. The fraction of sp³-hybridized carbons (Fsp3) is 0.318. The molecule has 34 heavy (non-hydrogen) atoms. The predicted octanol–water partition coefficient (Wildman–Crippen LogP) is -0.236. The number of rotatable bonds is 5. The molecule has 182 valence electrons. The van der Waals surface area contributed by atoms with Crippen LogP contribution in [0.1, 0.15) is 0 Å². The van der Waals surface area contributed by atoms with E-state index in [1.165, 1.54) is 25.3 Å². The molecule has 1 aromatic heterocycles. The van der Waals surface area contributed by atoms with Crippen molar-refractivity contribution in [3.05, 3.63) is 40.6 Å². The van der Waals surface area contributed by atoms with E-state index >= 15 is 0 Å². The van der Waals surface area contributed by atoms with E-state index in [0.29, 0.717) is 0 Å². The van der Waals surface area contributed by atoms with E-state index in [2.05, 4.69) is 0 Å². The van der Waals surface area contributed by atoms with Crippen molar-refractivity contribution in [3.63, 3.8) is 0 Å². The molecular formula is C22H22O12. The van der Waals surface area contributed by atoms with Crippen LogP contribution in [-0.2, 0) is 4.74 Å². The molecule has 0 radical (unpaired) electrons. The van der Waals surface area contributed by atoms with E-state index < -0.39 is 54.2 Å². The lowest BCUT2D eigenvalue weighted by Gasteiger charge is -2.39. The lowest BCUT2D eigenvalue weighted by Crippen LogP contribution is -2.60. The summed E-state index contributed by atoms with van der Waals surface area (Å²) in [6, 6.07) is 5.96. The van der Waals surface area contributed by atoms with E-state index in [-0.39, 0.29) is 39.5 Å². The third-order valence-electron chi connectivity index (χ3n) is 5.44. The Bertz CT molecular complexity index is 1270. The fourth-order valence-corrected chi connectivity index (χ4v) is 3.67. The molecule has 5 atom stereocenters. The topological polar surface area (TPSA) is 200 Å². The summed E-state index contributed by atoms with van der Waals surface area (Å²) in [6.07, 6.45) is -8.29. The largest absolute Gasteiger partial charge is 0.508 e. The molecule has 3 aromatic rings. The van der Waals surface area contributed by atoms with Crippen molar-refractivity contribution in [3.8, 4) is 40.1 Å². The smallest absolute Gasteiger partial charge is 0.239 e. The molecular weight excluding hydrogens is 456 g/mol. The highest BCUT2D eigenvalue weighted by atomic mass is 16.7. The average Bonchev–Trinajstić information content (AvgIpc) is 2.80. The summed E-state index contributed by atoms with van der Waals surface area (Å²) in [5.41, 5.74) is -0.959. The van der Waals surface area contributed by atoms with Crippen LogP contribution in [0.2, 0.25) is 0 Å². The standard InChI is InChI=1S/C22H22O12/c1-31-12-4-8(2-3-10(12)25)20-21(17(28)15-11(26)5-9(24)6-13(15)32-20)34-22-19(30)18(29)16(27)14(7-23)33-22/h2-6,14,16,18-19,22-27,29-30H,7H2,1H3/t14-,16+,18+,19+,22+/m0/s1. The lowest BCUT2D eigenvalue weighted by molar-refractivity contribution is -0.277. The van der Waals surface area contributed by atoms with Gasteiger partial charge in [-0.2, -0.15) is 0 Å². The van der Waals surface area contributed by atoms with Gasteiger partial charge in [0.25, 0.3) is 0 Å². The number of fused-ring (bicyclic) bond motifs is 1. The number of aromatic hydroxyl groups is 3. The molecule has 1 saturated heterocycles. The Morgan fingerprint density at radius 3 is 2.38 bits per heavy atom. The average molecular weight is 478 g/mol. The zero-order valence-electron chi connectivity index (χ0n) is 17.7. The second-order valence-corrected chi connectivity index (χ2v) is 7.63. The number of phenols is 3. The first-order valence-corrected chi connectivity index (χ1v) is 10.0. The molecule has 2 aromatic carbocycles. The molecule has 0 amide bonds. The van der Waals surface area contributed by atoms with Crippen LogP contribution in [-0.4, -0.2) is 80.2 Å². The molecule has 0 bridgehead atoms. The van der Waals surface area contributed by atoms with Gasteiger partial charge >= 0.3 is 0 Å². The predicted molar refractivity (Wildman–Crippen MR) is 114 cm³/mol. The Hall–Kier alpha value is -3.55. The zero-order chi connectivity index (χ0) is 24.7. The minimum Gasteiger partial charge on any atom is -0.508 e. The molecule has 12 heteroatoms. The van der Waals surface area contributed by atoms with Gasteiger partial charge in [-0.25, -0.2) is 0 Å². The third-order valence-corrected chi connectivity index (χ3v) is 5.44. The van der Waals surface area contributed by atoms with Gasteiger partial charge in [-0.1, -0.05) is 0 Å². The van der Waals surface area contributed by atoms with Crippen LogP contribution in [0, 0.1) is 0 Å². The molecule has 0 aliphatic carbocycles. The van der Waals surface area contributed by atoms with Crippen LogP contribution < -0.4 is 14.9 Å². The van der Waals surface area contributed by atoms with Crippen LogP contribution in [0.25, 0.3) is 22.3 Å². The fourth-order valence-electron chi connectivity index (χ4n) is 3.67. The van der Waals surface area contributed by atoms with E-state index in [0.717, 1.165) is 12.1 Å². The summed E-state index contributed by atoms with van der Waals surface area (Å²) >= 11 is 0. The molecule has 1 aliphatic rings. The van der Waals surface area contributed by atoms with Gasteiger partial charge in [0.15, 0.2) is 17.3 Å². The van der Waals surface area contributed by atoms with Crippen molar-refractivity contribution in [2.45, 2.75) is 30.7 Å². The molecule has 1 fully saturated rings. The van der Waals surface area contributed by atoms with E-state index in [4.69, 9.17) is 18.6 Å². The highest BCUT2D eigenvalue weighted by Crippen LogP contribution is 2.39. The van der Waals surface area contributed by atoms with Crippen LogP contribution in [0.3, 0.4) is 0 Å². The number of hydrogen-bond acceptors (Lipinski definition) is 12. The normalized spacial score (nSPS) is 24.8. The Morgan fingerprint density at radius 1 is 0.971 bits per heavy atom. The van der Waals surface area contributed by atoms with Gasteiger partial charge in [-0.15, -0.1) is 0 Å². The number of phenolic OH excluding ortho intramolecular Hbond substituents is 3. The molecule has 1 aliphatic heterocycles. The summed E-state index contributed by atoms with van der Waals surface area (Å²) in [7, 11) is 1.30. The van der Waals surface area contributed by atoms with Crippen molar-refractivity contribution in [1.29, 1.82) is 0 Å². The van der Waals surface area contributed by atoms with Crippen LogP contribution >= 0.6 is 0 Å². The summed E-state index contributed by atoms with van der Waals surface area (Å²) in [5.74, 6) is -2.00. The van der Waals surface area contributed by atoms with Gasteiger partial charge in [-0.05, 0) is 18.2 Å². The van der Waals surface area contributed by atoms with Crippen LogP contribution in [0.4, 0.5) is 0 Å². The quantitative estimate of drug-likeness (QED) is 0.254. The Labute approximate surface area is 191 Å². The minimum atomic E-state index is -1.83. The second-order valence-electron chi connectivity index (χ2n) is 7.63. The summed E-state index contributed by atoms with van der Waals surface area (Å²) in [6.45, 7) is -0.723. The van der Waals surface area contributed by atoms with Crippen LogP contribution in [0.15, 0.2) is 39.5 Å². The third kappa shape index (κ3) is 3.97. The van der Waals surface area contributed by atoms with E-state index in [1.807, 2.05) is 0 Å². The second kappa shape index (κ2) is 9.00. The Balaban J connectivity index is 1.92. The van der Waals surface area contributed by atoms with Gasteiger partial charge in [-0.3, -0.25) is 4.79 Å². The molecule has 0 spiro atoms. The Morgan fingerprint density at radius 2 is 1.71 bits per heavy atom. The van der Waals surface area contributed by atoms with Crippen molar-refractivity contribution >= 4 is 11.0 Å². The van der Waals surface area contributed by atoms with Crippen molar-refractivity contribution in [1.82, 2.24) is 0 Å². The molecule has 0 saturated carbocycles. The number of aliphatic hydroxyl groups is 4. The number of aliphatic hydroxyl groups excluding tert-OH is 4. The maximum atomic E-state index is 13.3. The highest BCUT2D eigenvalue weighted by Gasteiger charge is 2.45.